The Bertz CT molecular complexity index is 618. The fraction of sp³-hybridized carbons (Fsp3) is 0.412. The van der Waals surface area contributed by atoms with Crippen molar-refractivity contribution in [1.29, 1.82) is 0 Å². The molecule has 0 saturated carbocycles. The molecule has 1 amide bonds. The summed E-state index contributed by atoms with van der Waals surface area (Å²) in [4.78, 5) is 24.1. The minimum Gasteiger partial charge on any atom is -0.452 e. The van der Waals surface area contributed by atoms with Crippen LogP contribution < -0.4 is 10.1 Å². The maximum absolute atomic E-state index is 12.4. The monoisotopic (exact) mass is 339 g/mol. The van der Waals surface area contributed by atoms with Crippen molar-refractivity contribution in [2.45, 2.75) is 38.9 Å². The Kier molecular flexibility index (Phi) is 6.28. The van der Waals surface area contributed by atoms with Crippen molar-refractivity contribution in [3.63, 3.8) is 0 Å². The van der Waals surface area contributed by atoms with E-state index in [1.807, 2.05) is 12.2 Å². The molecule has 1 aliphatic carbocycles. The van der Waals surface area contributed by atoms with Crippen LogP contribution in [0.4, 0.5) is 14.5 Å². The number of esters is 1. The molecular weight excluding hydrogens is 320 g/mol. The van der Waals surface area contributed by atoms with Gasteiger partial charge in [0.15, 0.2) is 6.10 Å². The molecule has 1 N–H and O–H groups in total. The lowest BCUT2D eigenvalue weighted by molar-refractivity contribution is -0.157. The van der Waals surface area contributed by atoms with Crippen molar-refractivity contribution < 1.29 is 27.8 Å². The molecule has 0 radical (unpaired) electrons. The fourth-order valence-corrected chi connectivity index (χ4v) is 2.33. The number of rotatable bonds is 6. The molecule has 0 fully saturated rings. The highest BCUT2D eigenvalue weighted by atomic mass is 19.3. The van der Waals surface area contributed by atoms with E-state index in [0.717, 1.165) is 6.42 Å². The molecular formula is C17H19F2NO4. The molecule has 0 unspecified atom stereocenters. The van der Waals surface area contributed by atoms with Gasteiger partial charge in [0.05, 0.1) is 11.6 Å². The number of anilines is 1. The lowest BCUT2D eigenvalue weighted by Gasteiger charge is -2.20. The first-order valence-electron chi connectivity index (χ1n) is 7.67. The first kappa shape index (κ1) is 17.9. The zero-order chi connectivity index (χ0) is 17.5. The Labute approximate surface area is 138 Å². The number of alkyl halides is 2. The number of ether oxygens (including phenoxy) is 2. The third-order valence-electron chi connectivity index (χ3n) is 3.63. The van der Waals surface area contributed by atoms with Gasteiger partial charge in [-0.2, -0.15) is 8.78 Å². The van der Waals surface area contributed by atoms with E-state index in [0.29, 0.717) is 12.8 Å². The van der Waals surface area contributed by atoms with Gasteiger partial charge < -0.3 is 14.8 Å². The van der Waals surface area contributed by atoms with Crippen LogP contribution in [0.3, 0.4) is 0 Å². The van der Waals surface area contributed by atoms with Gasteiger partial charge >= 0.3 is 12.6 Å². The number of carbonyl (C=O) groups is 2. The van der Waals surface area contributed by atoms with Gasteiger partial charge in [-0.05, 0) is 38.3 Å². The normalized spacial score (nSPS) is 18.1. The number of halogens is 2. The van der Waals surface area contributed by atoms with Crippen LogP contribution in [0.1, 0.15) is 26.2 Å². The topological polar surface area (TPSA) is 64.6 Å². The molecule has 0 saturated heterocycles. The van der Waals surface area contributed by atoms with E-state index in [2.05, 4.69) is 10.1 Å². The third-order valence-corrected chi connectivity index (χ3v) is 3.63. The number of nitrogens with one attached hydrogen (secondary N) is 1. The summed E-state index contributed by atoms with van der Waals surface area (Å²) < 4.78 is 34.2. The largest absolute Gasteiger partial charge is 0.452 e. The number of allylic oxidation sites excluding steroid dienone is 2. The molecule has 1 aliphatic rings. The highest BCUT2D eigenvalue weighted by Crippen LogP contribution is 2.26. The summed E-state index contributed by atoms with van der Waals surface area (Å²) in [7, 11) is 0. The van der Waals surface area contributed by atoms with Gasteiger partial charge in [-0.3, -0.25) is 9.59 Å². The quantitative estimate of drug-likeness (QED) is 0.636. The van der Waals surface area contributed by atoms with Crippen LogP contribution in [0.2, 0.25) is 0 Å². The molecule has 0 heterocycles. The summed E-state index contributed by atoms with van der Waals surface area (Å²) >= 11 is 0. The molecule has 5 nitrogen and oxygen atoms in total. The van der Waals surface area contributed by atoms with E-state index in [1.165, 1.54) is 25.1 Å². The van der Waals surface area contributed by atoms with Gasteiger partial charge in [-0.25, -0.2) is 0 Å². The van der Waals surface area contributed by atoms with E-state index in [4.69, 9.17) is 4.74 Å². The Balaban J connectivity index is 1.94. The highest BCUT2D eigenvalue weighted by Gasteiger charge is 2.25. The van der Waals surface area contributed by atoms with Gasteiger partial charge in [0.2, 0.25) is 0 Å². The molecule has 1 aromatic carbocycles. The lowest BCUT2D eigenvalue weighted by atomic mass is 9.95. The van der Waals surface area contributed by atoms with Gasteiger partial charge in [0, 0.05) is 0 Å². The standard InChI is InChI=1S/C17H19F2NO4/c1-11(23-16(22)12-7-3-2-4-8-12)15(21)20-13-9-5-6-10-14(13)24-17(18)19/h2-3,5-6,9-12,17H,4,7-8H2,1H3,(H,20,21)/t11-,12+/m1/s1. The van der Waals surface area contributed by atoms with Crippen LogP contribution in [0, 0.1) is 5.92 Å². The van der Waals surface area contributed by atoms with Crippen LogP contribution in [-0.2, 0) is 14.3 Å². The van der Waals surface area contributed by atoms with Crippen molar-refractivity contribution in [2.24, 2.45) is 5.92 Å². The number of amides is 1. The Morgan fingerprint density at radius 2 is 2.00 bits per heavy atom. The second-order valence-corrected chi connectivity index (χ2v) is 5.42. The molecule has 2 atom stereocenters. The molecule has 24 heavy (non-hydrogen) atoms. The maximum atomic E-state index is 12.4. The smallest absolute Gasteiger partial charge is 0.387 e. The number of benzene rings is 1. The number of para-hydroxylation sites is 2. The number of carbonyl (C=O) groups excluding carboxylic acids is 2. The van der Waals surface area contributed by atoms with Gasteiger partial charge in [-0.1, -0.05) is 24.3 Å². The molecule has 0 spiro atoms. The first-order chi connectivity index (χ1) is 11.5. The maximum Gasteiger partial charge on any atom is 0.387 e. The predicted octanol–water partition coefficient (Wildman–Crippen LogP) is 3.51. The van der Waals surface area contributed by atoms with Crippen molar-refractivity contribution in [3.8, 4) is 5.75 Å². The lowest BCUT2D eigenvalue weighted by Crippen LogP contribution is -2.32. The molecule has 130 valence electrons. The molecule has 0 aromatic heterocycles. The van der Waals surface area contributed by atoms with E-state index < -0.39 is 24.6 Å². The summed E-state index contributed by atoms with van der Waals surface area (Å²) in [6.07, 6.45) is 4.96. The second kappa shape index (κ2) is 8.42. The average molecular weight is 339 g/mol. The summed E-state index contributed by atoms with van der Waals surface area (Å²) in [6.45, 7) is -1.57. The zero-order valence-corrected chi connectivity index (χ0v) is 13.2. The zero-order valence-electron chi connectivity index (χ0n) is 13.2. The van der Waals surface area contributed by atoms with Crippen LogP contribution in [0.25, 0.3) is 0 Å². The number of hydrogen-bond donors (Lipinski definition) is 1. The first-order valence-corrected chi connectivity index (χ1v) is 7.67. The minimum atomic E-state index is -3.00. The molecule has 2 rings (SSSR count). The molecule has 1 aromatic rings. The van der Waals surface area contributed by atoms with Crippen LogP contribution in [0.5, 0.6) is 5.75 Å². The van der Waals surface area contributed by atoms with Gasteiger partial charge in [0.1, 0.15) is 5.75 Å². The Hall–Kier alpha value is -2.44. The van der Waals surface area contributed by atoms with E-state index in [-0.39, 0.29) is 17.4 Å². The fourth-order valence-electron chi connectivity index (χ4n) is 2.33. The second-order valence-electron chi connectivity index (χ2n) is 5.42. The van der Waals surface area contributed by atoms with Gasteiger partial charge in [0.25, 0.3) is 5.91 Å². The van der Waals surface area contributed by atoms with Crippen molar-refractivity contribution >= 4 is 17.6 Å². The van der Waals surface area contributed by atoms with Crippen LogP contribution in [0.15, 0.2) is 36.4 Å². The summed E-state index contributed by atoms with van der Waals surface area (Å²) in [6, 6.07) is 5.81. The van der Waals surface area contributed by atoms with Crippen LogP contribution in [-0.4, -0.2) is 24.6 Å². The Morgan fingerprint density at radius 3 is 2.67 bits per heavy atom. The molecule has 7 heteroatoms. The summed E-state index contributed by atoms with van der Waals surface area (Å²) in [5.74, 6) is -1.45. The summed E-state index contributed by atoms with van der Waals surface area (Å²) in [5.41, 5.74) is 0.0892. The van der Waals surface area contributed by atoms with Crippen molar-refractivity contribution in [3.05, 3.63) is 36.4 Å². The van der Waals surface area contributed by atoms with E-state index >= 15 is 0 Å². The molecule has 0 bridgehead atoms. The number of hydrogen-bond acceptors (Lipinski definition) is 4. The Morgan fingerprint density at radius 1 is 1.25 bits per heavy atom. The van der Waals surface area contributed by atoms with Crippen LogP contribution >= 0.6 is 0 Å². The SMILES string of the molecule is C[C@@H](OC(=O)[C@H]1CC=CCC1)C(=O)Nc1ccccc1OC(F)F. The predicted molar refractivity (Wildman–Crippen MR) is 83.7 cm³/mol. The highest BCUT2D eigenvalue weighted by molar-refractivity contribution is 5.96. The van der Waals surface area contributed by atoms with E-state index in [9.17, 15) is 18.4 Å². The van der Waals surface area contributed by atoms with Gasteiger partial charge in [-0.15, -0.1) is 0 Å². The third kappa shape index (κ3) is 5.04. The van der Waals surface area contributed by atoms with Crippen molar-refractivity contribution in [2.75, 3.05) is 5.32 Å². The van der Waals surface area contributed by atoms with E-state index in [1.54, 1.807) is 6.07 Å². The summed E-state index contributed by atoms with van der Waals surface area (Å²) in [5, 5.41) is 2.44. The molecule has 0 aliphatic heterocycles. The average Bonchev–Trinajstić information content (AvgIpc) is 2.56. The minimum absolute atomic E-state index is 0.0892. The van der Waals surface area contributed by atoms with Crippen molar-refractivity contribution in [1.82, 2.24) is 0 Å².